The molecule has 3 unspecified atom stereocenters. The highest BCUT2D eigenvalue weighted by Crippen LogP contribution is 2.25. The molecule has 1 aliphatic carbocycles. The van der Waals surface area contributed by atoms with Crippen LogP contribution in [0.1, 0.15) is 51.9 Å². The van der Waals surface area contributed by atoms with Gasteiger partial charge in [0.25, 0.3) is 0 Å². The molecule has 2 rings (SSSR count). The second-order valence-corrected chi connectivity index (χ2v) is 5.95. The zero-order valence-electron chi connectivity index (χ0n) is 12.2. The number of rotatable bonds is 5. The minimum absolute atomic E-state index is 0.652. The number of nitrogens with zero attached hydrogens (tertiary/aromatic N) is 1. The van der Waals surface area contributed by atoms with E-state index in [1.54, 1.807) is 0 Å². The summed E-state index contributed by atoms with van der Waals surface area (Å²) in [5, 5.41) is 3.78. The first-order valence-corrected chi connectivity index (χ1v) is 7.86. The van der Waals surface area contributed by atoms with Gasteiger partial charge in [-0.05, 0) is 39.3 Å². The van der Waals surface area contributed by atoms with Gasteiger partial charge in [-0.15, -0.1) is 0 Å². The second-order valence-electron chi connectivity index (χ2n) is 5.95. The van der Waals surface area contributed by atoms with Gasteiger partial charge in [0, 0.05) is 24.7 Å². The van der Waals surface area contributed by atoms with Crippen molar-refractivity contribution in [2.45, 2.75) is 70.0 Å². The molecule has 1 heterocycles. The molecule has 1 N–H and O–H groups in total. The Bertz CT molecular complexity index is 229. The van der Waals surface area contributed by atoms with Gasteiger partial charge in [-0.2, -0.15) is 0 Å². The van der Waals surface area contributed by atoms with E-state index in [-0.39, 0.29) is 0 Å². The fourth-order valence-corrected chi connectivity index (χ4v) is 3.46. The molecule has 0 aromatic rings. The molecule has 2 aliphatic rings. The average Bonchev–Trinajstić information content (AvgIpc) is 2.82. The number of ether oxygens (including phenoxy) is 1. The van der Waals surface area contributed by atoms with Crippen molar-refractivity contribution in [1.29, 1.82) is 0 Å². The summed E-state index contributed by atoms with van der Waals surface area (Å²) in [4.78, 5) is 2.62. The maximum atomic E-state index is 5.55. The number of nitrogens with one attached hydrogen (secondary N) is 1. The molecule has 3 atom stereocenters. The summed E-state index contributed by atoms with van der Waals surface area (Å²) in [6, 6.07) is 2.06. The minimum atomic E-state index is 0.652. The van der Waals surface area contributed by atoms with Gasteiger partial charge in [-0.1, -0.05) is 26.2 Å². The standard InChI is InChI=1S/C15H30N2O/c1-3-10-16-14-7-5-4-6-8-15(14)17(2)13-9-11-18-12-13/h13-16H,3-12H2,1-2H3. The van der Waals surface area contributed by atoms with Gasteiger partial charge in [0.05, 0.1) is 6.61 Å². The topological polar surface area (TPSA) is 24.5 Å². The molecule has 2 fully saturated rings. The van der Waals surface area contributed by atoms with Gasteiger partial charge in [0.15, 0.2) is 0 Å². The van der Waals surface area contributed by atoms with E-state index in [0.717, 1.165) is 19.8 Å². The number of hydrogen-bond acceptors (Lipinski definition) is 3. The molecule has 0 radical (unpaired) electrons. The first-order chi connectivity index (χ1) is 8.83. The highest BCUT2D eigenvalue weighted by Gasteiger charge is 2.31. The molecule has 106 valence electrons. The number of likely N-dealkylation sites (N-methyl/N-ethyl adjacent to an activating group) is 1. The Morgan fingerprint density at radius 1 is 1.17 bits per heavy atom. The molecule has 3 nitrogen and oxygen atoms in total. The van der Waals surface area contributed by atoms with E-state index in [9.17, 15) is 0 Å². The normalized spacial score (nSPS) is 33.8. The molecule has 1 saturated carbocycles. The van der Waals surface area contributed by atoms with Crippen LogP contribution in [0.15, 0.2) is 0 Å². The summed E-state index contributed by atoms with van der Waals surface area (Å²) in [6.07, 6.45) is 9.36. The Morgan fingerprint density at radius 3 is 2.72 bits per heavy atom. The van der Waals surface area contributed by atoms with Gasteiger partial charge in [-0.25, -0.2) is 0 Å². The van der Waals surface area contributed by atoms with Crippen LogP contribution >= 0.6 is 0 Å². The van der Waals surface area contributed by atoms with Crippen LogP contribution in [0.4, 0.5) is 0 Å². The third kappa shape index (κ3) is 3.69. The van der Waals surface area contributed by atoms with Gasteiger partial charge in [-0.3, -0.25) is 4.90 Å². The molecule has 1 aliphatic heterocycles. The van der Waals surface area contributed by atoms with Gasteiger partial charge >= 0.3 is 0 Å². The lowest BCUT2D eigenvalue weighted by Crippen LogP contribution is -2.52. The molecule has 0 aromatic carbocycles. The van der Waals surface area contributed by atoms with E-state index in [1.165, 1.54) is 44.9 Å². The highest BCUT2D eigenvalue weighted by molar-refractivity contribution is 4.89. The monoisotopic (exact) mass is 254 g/mol. The predicted molar refractivity (Wildman–Crippen MR) is 75.9 cm³/mol. The van der Waals surface area contributed by atoms with Crippen LogP contribution < -0.4 is 5.32 Å². The SMILES string of the molecule is CCCNC1CCCCCC1N(C)C1CCOC1. The van der Waals surface area contributed by atoms with Gasteiger partial charge in [0.2, 0.25) is 0 Å². The molecule has 0 amide bonds. The molecular weight excluding hydrogens is 224 g/mol. The third-order valence-electron chi connectivity index (χ3n) is 4.64. The van der Waals surface area contributed by atoms with Crippen molar-refractivity contribution in [2.75, 3.05) is 26.8 Å². The van der Waals surface area contributed by atoms with Crippen molar-refractivity contribution in [3.8, 4) is 0 Å². The van der Waals surface area contributed by atoms with Crippen molar-refractivity contribution in [1.82, 2.24) is 10.2 Å². The highest BCUT2D eigenvalue weighted by atomic mass is 16.5. The summed E-state index contributed by atoms with van der Waals surface area (Å²) >= 11 is 0. The van der Waals surface area contributed by atoms with Crippen molar-refractivity contribution in [3.05, 3.63) is 0 Å². The Hall–Kier alpha value is -0.120. The van der Waals surface area contributed by atoms with Crippen LogP contribution in [0, 0.1) is 0 Å². The molecule has 18 heavy (non-hydrogen) atoms. The van der Waals surface area contributed by atoms with Crippen LogP contribution in [-0.2, 0) is 4.74 Å². The second kappa shape index (κ2) is 7.46. The van der Waals surface area contributed by atoms with Crippen LogP contribution in [0.5, 0.6) is 0 Å². The summed E-state index contributed by atoms with van der Waals surface area (Å²) in [5.74, 6) is 0. The lowest BCUT2D eigenvalue weighted by Gasteiger charge is -2.37. The lowest BCUT2D eigenvalue weighted by molar-refractivity contribution is 0.108. The van der Waals surface area contributed by atoms with Crippen molar-refractivity contribution < 1.29 is 4.74 Å². The Labute approximate surface area is 112 Å². The molecule has 0 spiro atoms. The smallest absolute Gasteiger partial charge is 0.0622 e. The maximum Gasteiger partial charge on any atom is 0.0622 e. The fourth-order valence-electron chi connectivity index (χ4n) is 3.46. The summed E-state index contributed by atoms with van der Waals surface area (Å²) in [6.45, 7) is 5.31. The fraction of sp³-hybridized carbons (Fsp3) is 1.00. The lowest BCUT2D eigenvalue weighted by atomic mass is 9.99. The van der Waals surface area contributed by atoms with Gasteiger partial charge in [0.1, 0.15) is 0 Å². The molecule has 0 bridgehead atoms. The zero-order chi connectivity index (χ0) is 12.8. The van der Waals surface area contributed by atoms with E-state index in [0.29, 0.717) is 18.1 Å². The first kappa shape index (κ1) is 14.3. The summed E-state index contributed by atoms with van der Waals surface area (Å²) in [7, 11) is 2.32. The Morgan fingerprint density at radius 2 is 2.00 bits per heavy atom. The summed E-state index contributed by atoms with van der Waals surface area (Å²) < 4.78 is 5.55. The first-order valence-electron chi connectivity index (χ1n) is 7.86. The van der Waals surface area contributed by atoms with Crippen molar-refractivity contribution in [3.63, 3.8) is 0 Å². The predicted octanol–water partition coefficient (Wildman–Crippen LogP) is 2.41. The van der Waals surface area contributed by atoms with Gasteiger partial charge < -0.3 is 10.1 Å². The van der Waals surface area contributed by atoms with E-state index >= 15 is 0 Å². The van der Waals surface area contributed by atoms with E-state index in [4.69, 9.17) is 4.74 Å². The number of hydrogen-bond donors (Lipinski definition) is 1. The van der Waals surface area contributed by atoms with E-state index < -0.39 is 0 Å². The zero-order valence-corrected chi connectivity index (χ0v) is 12.2. The quantitative estimate of drug-likeness (QED) is 0.763. The van der Waals surface area contributed by atoms with E-state index in [1.807, 2.05) is 0 Å². The van der Waals surface area contributed by atoms with Crippen LogP contribution in [0.25, 0.3) is 0 Å². The summed E-state index contributed by atoms with van der Waals surface area (Å²) in [5.41, 5.74) is 0. The van der Waals surface area contributed by atoms with Crippen LogP contribution in [-0.4, -0.2) is 49.8 Å². The Balaban J connectivity index is 1.94. The molecular formula is C15H30N2O. The molecule has 3 heteroatoms. The van der Waals surface area contributed by atoms with Crippen molar-refractivity contribution >= 4 is 0 Å². The van der Waals surface area contributed by atoms with E-state index in [2.05, 4.69) is 24.2 Å². The largest absolute Gasteiger partial charge is 0.380 e. The van der Waals surface area contributed by atoms with Crippen molar-refractivity contribution in [2.24, 2.45) is 0 Å². The molecule has 0 aromatic heterocycles. The van der Waals surface area contributed by atoms with Crippen LogP contribution in [0.2, 0.25) is 0 Å². The van der Waals surface area contributed by atoms with Crippen LogP contribution in [0.3, 0.4) is 0 Å². The minimum Gasteiger partial charge on any atom is -0.380 e. The molecule has 1 saturated heterocycles. The third-order valence-corrected chi connectivity index (χ3v) is 4.64. The average molecular weight is 254 g/mol. The maximum absolute atomic E-state index is 5.55. The Kier molecular flexibility index (Phi) is 5.93.